The molecule has 1 aromatic carbocycles. The molecule has 4 aromatic rings. The van der Waals surface area contributed by atoms with E-state index in [1.807, 2.05) is 47.9 Å². The Bertz CT molecular complexity index is 1170. The fourth-order valence-corrected chi connectivity index (χ4v) is 3.11. The highest BCUT2D eigenvalue weighted by Crippen LogP contribution is 2.24. The van der Waals surface area contributed by atoms with Crippen LogP contribution in [0.1, 0.15) is 25.6 Å². The van der Waals surface area contributed by atoms with Crippen molar-refractivity contribution in [2.24, 2.45) is 0 Å². The normalized spacial score (nSPS) is 11.3. The number of pyridine rings is 2. The summed E-state index contributed by atoms with van der Waals surface area (Å²) in [6.07, 6.45) is 1.70. The highest BCUT2D eigenvalue weighted by Gasteiger charge is 2.12. The SMILES string of the molecule is Cc1cc(=O)c2c(Nc3cccc(-c4nncn4C(C)C)n3)cccc2[nH]1. The third kappa shape index (κ3) is 3.19. The first kappa shape index (κ1) is 17.0. The van der Waals surface area contributed by atoms with E-state index in [0.717, 1.165) is 16.9 Å². The summed E-state index contributed by atoms with van der Waals surface area (Å²) in [5.74, 6) is 1.35. The lowest BCUT2D eigenvalue weighted by atomic mass is 10.1. The average Bonchev–Trinajstić information content (AvgIpc) is 3.11. The van der Waals surface area contributed by atoms with Gasteiger partial charge in [0.15, 0.2) is 11.3 Å². The van der Waals surface area contributed by atoms with Crippen molar-refractivity contribution in [2.45, 2.75) is 26.8 Å². The first-order chi connectivity index (χ1) is 13.0. The fourth-order valence-electron chi connectivity index (χ4n) is 3.11. The van der Waals surface area contributed by atoms with Gasteiger partial charge in [0.25, 0.3) is 0 Å². The zero-order chi connectivity index (χ0) is 19.0. The van der Waals surface area contributed by atoms with Crippen molar-refractivity contribution in [3.8, 4) is 11.5 Å². The maximum atomic E-state index is 12.5. The monoisotopic (exact) mass is 360 g/mol. The number of fused-ring (bicyclic) bond motifs is 1. The van der Waals surface area contributed by atoms with E-state index >= 15 is 0 Å². The molecule has 0 aliphatic heterocycles. The van der Waals surface area contributed by atoms with Crippen molar-refractivity contribution in [1.29, 1.82) is 0 Å². The van der Waals surface area contributed by atoms with Gasteiger partial charge in [0.05, 0.1) is 16.6 Å². The number of hydrogen-bond donors (Lipinski definition) is 2. The molecule has 0 unspecified atom stereocenters. The maximum absolute atomic E-state index is 12.5. The Balaban J connectivity index is 1.76. The van der Waals surface area contributed by atoms with Gasteiger partial charge in [-0.1, -0.05) is 12.1 Å². The van der Waals surface area contributed by atoms with E-state index in [2.05, 4.69) is 39.3 Å². The van der Waals surface area contributed by atoms with Gasteiger partial charge in [0.2, 0.25) is 0 Å². The molecule has 3 heterocycles. The van der Waals surface area contributed by atoms with Crippen LogP contribution >= 0.6 is 0 Å². The van der Waals surface area contributed by atoms with E-state index in [0.29, 0.717) is 22.7 Å². The standard InChI is InChI=1S/C20H20N6O/c1-12(2)26-11-21-25-20(26)16-8-5-9-18(24-16)23-15-7-4-6-14-19(15)17(27)10-13(3)22-14/h4-12H,1-3H3,(H,22,27)(H,23,24). The van der Waals surface area contributed by atoms with Crippen LogP contribution in [0.5, 0.6) is 0 Å². The number of rotatable bonds is 4. The van der Waals surface area contributed by atoms with Gasteiger partial charge in [-0.3, -0.25) is 4.79 Å². The van der Waals surface area contributed by atoms with Crippen LogP contribution in [-0.4, -0.2) is 24.7 Å². The maximum Gasteiger partial charge on any atom is 0.191 e. The van der Waals surface area contributed by atoms with E-state index in [-0.39, 0.29) is 11.5 Å². The molecule has 0 amide bonds. The van der Waals surface area contributed by atoms with E-state index in [4.69, 9.17) is 0 Å². The van der Waals surface area contributed by atoms with Gasteiger partial charge in [-0.05, 0) is 45.0 Å². The van der Waals surface area contributed by atoms with Gasteiger partial charge >= 0.3 is 0 Å². The molecule has 2 N–H and O–H groups in total. The van der Waals surface area contributed by atoms with Crippen LogP contribution in [-0.2, 0) is 0 Å². The minimum absolute atomic E-state index is 0.0277. The number of aryl methyl sites for hydroxylation is 1. The Hall–Kier alpha value is -3.48. The van der Waals surface area contributed by atoms with E-state index in [9.17, 15) is 4.79 Å². The quantitative estimate of drug-likeness (QED) is 0.578. The summed E-state index contributed by atoms with van der Waals surface area (Å²) in [7, 11) is 0. The molecule has 0 atom stereocenters. The van der Waals surface area contributed by atoms with Gasteiger partial charge in [-0.15, -0.1) is 10.2 Å². The third-order valence-corrected chi connectivity index (χ3v) is 4.36. The Morgan fingerprint density at radius 2 is 1.96 bits per heavy atom. The molecule has 0 aliphatic rings. The van der Waals surface area contributed by atoms with Gasteiger partial charge in [-0.2, -0.15) is 0 Å². The lowest BCUT2D eigenvalue weighted by Crippen LogP contribution is -2.07. The molecule has 0 bridgehead atoms. The molecule has 0 radical (unpaired) electrons. The zero-order valence-corrected chi connectivity index (χ0v) is 15.4. The molecule has 0 saturated heterocycles. The highest BCUT2D eigenvalue weighted by molar-refractivity contribution is 5.92. The van der Waals surface area contributed by atoms with Crippen molar-refractivity contribution in [3.63, 3.8) is 0 Å². The van der Waals surface area contributed by atoms with Gasteiger partial charge < -0.3 is 14.9 Å². The molecule has 4 rings (SSSR count). The number of aromatic amines is 1. The van der Waals surface area contributed by atoms with Crippen LogP contribution < -0.4 is 10.7 Å². The molecule has 7 heteroatoms. The number of aromatic nitrogens is 5. The van der Waals surface area contributed by atoms with Crippen molar-refractivity contribution >= 4 is 22.4 Å². The number of nitrogens with zero attached hydrogens (tertiary/aromatic N) is 4. The van der Waals surface area contributed by atoms with Crippen LogP contribution in [0.4, 0.5) is 11.5 Å². The Morgan fingerprint density at radius 1 is 1.15 bits per heavy atom. The van der Waals surface area contributed by atoms with Crippen LogP contribution in [0.2, 0.25) is 0 Å². The molecule has 3 aromatic heterocycles. The zero-order valence-electron chi connectivity index (χ0n) is 15.4. The predicted molar refractivity (Wildman–Crippen MR) is 106 cm³/mol. The second kappa shape index (κ2) is 6.68. The highest BCUT2D eigenvalue weighted by atomic mass is 16.1. The van der Waals surface area contributed by atoms with Crippen LogP contribution in [0.15, 0.2) is 53.6 Å². The first-order valence-electron chi connectivity index (χ1n) is 8.79. The largest absolute Gasteiger partial charge is 0.358 e. The lowest BCUT2D eigenvalue weighted by Gasteiger charge is -2.12. The van der Waals surface area contributed by atoms with Gasteiger partial charge in [0, 0.05) is 17.8 Å². The lowest BCUT2D eigenvalue weighted by molar-refractivity contribution is 0.603. The Morgan fingerprint density at radius 3 is 2.78 bits per heavy atom. The number of anilines is 2. The van der Waals surface area contributed by atoms with Gasteiger partial charge in [-0.25, -0.2) is 4.98 Å². The topological polar surface area (TPSA) is 88.5 Å². The molecule has 0 fully saturated rings. The number of nitrogens with one attached hydrogen (secondary N) is 2. The molecule has 0 spiro atoms. The van der Waals surface area contributed by atoms with Crippen molar-refractivity contribution in [1.82, 2.24) is 24.7 Å². The molecule has 136 valence electrons. The van der Waals surface area contributed by atoms with Crippen LogP contribution in [0.25, 0.3) is 22.4 Å². The number of benzene rings is 1. The second-order valence-corrected chi connectivity index (χ2v) is 6.73. The average molecular weight is 360 g/mol. The summed E-state index contributed by atoms with van der Waals surface area (Å²) in [6, 6.07) is 13.2. The molecule has 7 nitrogen and oxygen atoms in total. The minimum Gasteiger partial charge on any atom is -0.358 e. The summed E-state index contributed by atoms with van der Waals surface area (Å²) in [5.41, 5.74) is 3.03. The Kier molecular flexibility index (Phi) is 4.19. The summed E-state index contributed by atoms with van der Waals surface area (Å²) in [5, 5.41) is 12.1. The predicted octanol–water partition coefficient (Wildman–Crippen LogP) is 3.81. The summed E-state index contributed by atoms with van der Waals surface area (Å²) < 4.78 is 1.97. The summed E-state index contributed by atoms with van der Waals surface area (Å²) in [4.78, 5) is 20.4. The van der Waals surface area contributed by atoms with Crippen molar-refractivity contribution < 1.29 is 0 Å². The minimum atomic E-state index is -0.0277. The van der Waals surface area contributed by atoms with E-state index in [1.54, 1.807) is 12.4 Å². The van der Waals surface area contributed by atoms with Crippen molar-refractivity contribution in [2.75, 3.05) is 5.32 Å². The summed E-state index contributed by atoms with van der Waals surface area (Å²) in [6.45, 7) is 6.01. The van der Waals surface area contributed by atoms with E-state index < -0.39 is 0 Å². The fraction of sp³-hybridized carbons (Fsp3) is 0.200. The Labute approximate surface area is 156 Å². The van der Waals surface area contributed by atoms with Crippen LogP contribution in [0.3, 0.4) is 0 Å². The second-order valence-electron chi connectivity index (χ2n) is 6.73. The summed E-state index contributed by atoms with van der Waals surface area (Å²) >= 11 is 0. The van der Waals surface area contributed by atoms with Gasteiger partial charge in [0.1, 0.15) is 17.8 Å². The van der Waals surface area contributed by atoms with Crippen LogP contribution in [0, 0.1) is 6.92 Å². The van der Waals surface area contributed by atoms with E-state index in [1.165, 1.54) is 0 Å². The first-order valence-corrected chi connectivity index (χ1v) is 8.79. The number of hydrogen-bond acceptors (Lipinski definition) is 5. The molecule has 27 heavy (non-hydrogen) atoms. The molecule has 0 saturated carbocycles. The molecule has 0 aliphatic carbocycles. The molecular formula is C20H20N6O. The number of H-pyrrole nitrogens is 1. The van der Waals surface area contributed by atoms with Crippen molar-refractivity contribution in [3.05, 3.63) is 64.7 Å². The smallest absolute Gasteiger partial charge is 0.191 e. The molecular weight excluding hydrogens is 340 g/mol. The third-order valence-electron chi connectivity index (χ3n) is 4.36.